The van der Waals surface area contributed by atoms with Crippen molar-refractivity contribution in [3.63, 3.8) is 0 Å². The zero-order chi connectivity index (χ0) is 21.1. The fourth-order valence-electron chi connectivity index (χ4n) is 2.90. The molecule has 2 N–H and O–H groups in total. The topological polar surface area (TPSA) is 79.8 Å². The third-order valence-electron chi connectivity index (χ3n) is 4.35. The Balaban J connectivity index is 0.00000450. The van der Waals surface area contributed by atoms with Gasteiger partial charge in [-0.15, -0.1) is 24.0 Å². The zero-order valence-electron chi connectivity index (χ0n) is 17.8. The molecule has 166 valence electrons. The molecule has 0 unspecified atom stereocenters. The third kappa shape index (κ3) is 9.34. The van der Waals surface area contributed by atoms with Crippen LogP contribution in [0.2, 0.25) is 0 Å². The summed E-state index contributed by atoms with van der Waals surface area (Å²) in [6.07, 6.45) is 0.518. The first kappa shape index (κ1) is 26.2. The molecule has 8 heteroatoms. The first-order valence-electron chi connectivity index (χ1n) is 9.84. The minimum Gasteiger partial charge on any atom is -0.494 e. The van der Waals surface area contributed by atoms with Gasteiger partial charge in [-0.25, -0.2) is 8.42 Å². The van der Waals surface area contributed by atoms with E-state index in [1.54, 1.807) is 7.05 Å². The molecule has 0 saturated carbocycles. The molecule has 2 aromatic rings. The van der Waals surface area contributed by atoms with Gasteiger partial charge in [0, 0.05) is 25.7 Å². The Morgan fingerprint density at radius 2 is 1.83 bits per heavy atom. The number of aryl methyl sites for hydroxylation is 1. The van der Waals surface area contributed by atoms with Crippen molar-refractivity contribution in [2.45, 2.75) is 32.6 Å². The predicted octanol–water partition coefficient (Wildman–Crippen LogP) is 3.68. The molecular weight excluding hydrogens is 513 g/mol. The van der Waals surface area contributed by atoms with E-state index in [0.29, 0.717) is 32.1 Å². The molecule has 6 nitrogen and oxygen atoms in total. The number of rotatable bonds is 10. The number of sulfone groups is 1. The molecule has 2 rings (SSSR count). The van der Waals surface area contributed by atoms with Crippen LogP contribution in [0.5, 0.6) is 5.75 Å². The molecular formula is C22H32IN3O3S. The highest BCUT2D eigenvalue weighted by molar-refractivity contribution is 14.0. The molecule has 0 atom stereocenters. The molecule has 0 aliphatic rings. The van der Waals surface area contributed by atoms with Crippen molar-refractivity contribution >= 4 is 39.8 Å². The molecule has 0 amide bonds. The molecule has 0 aromatic heterocycles. The molecule has 0 spiro atoms. The van der Waals surface area contributed by atoms with E-state index in [9.17, 15) is 8.42 Å². The van der Waals surface area contributed by atoms with E-state index in [2.05, 4.69) is 15.6 Å². The summed E-state index contributed by atoms with van der Waals surface area (Å²) in [7, 11) is -1.43. The SMILES string of the molecule is CCOc1cc(C)ccc1CNC(=NC)NCCCS(=O)(=O)Cc1ccccc1.I. The zero-order valence-corrected chi connectivity index (χ0v) is 21.0. The fourth-order valence-corrected chi connectivity index (χ4v) is 4.33. The number of nitrogens with one attached hydrogen (secondary N) is 2. The Kier molecular flexibility index (Phi) is 11.8. The Bertz CT molecular complexity index is 903. The lowest BCUT2D eigenvalue weighted by molar-refractivity contribution is 0.336. The number of ether oxygens (including phenoxy) is 1. The van der Waals surface area contributed by atoms with E-state index < -0.39 is 9.84 Å². The lowest BCUT2D eigenvalue weighted by Gasteiger charge is -2.15. The maximum Gasteiger partial charge on any atom is 0.191 e. The molecule has 0 saturated heterocycles. The lowest BCUT2D eigenvalue weighted by atomic mass is 10.1. The second-order valence-electron chi connectivity index (χ2n) is 6.83. The van der Waals surface area contributed by atoms with Crippen LogP contribution in [0.1, 0.15) is 30.0 Å². The van der Waals surface area contributed by atoms with Crippen molar-refractivity contribution in [3.8, 4) is 5.75 Å². The Morgan fingerprint density at radius 1 is 1.10 bits per heavy atom. The molecule has 2 aromatic carbocycles. The minimum atomic E-state index is -3.13. The summed E-state index contributed by atoms with van der Waals surface area (Å²) >= 11 is 0. The van der Waals surface area contributed by atoms with Gasteiger partial charge in [0.15, 0.2) is 15.8 Å². The molecule has 0 heterocycles. The van der Waals surface area contributed by atoms with E-state index in [0.717, 1.165) is 22.4 Å². The first-order chi connectivity index (χ1) is 13.9. The summed E-state index contributed by atoms with van der Waals surface area (Å²) in [6.45, 7) is 5.71. The van der Waals surface area contributed by atoms with Gasteiger partial charge in [-0.1, -0.05) is 42.5 Å². The van der Waals surface area contributed by atoms with E-state index in [1.165, 1.54) is 0 Å². The van der Waals surface area contributed by atoms with Gasteiger partial charge < -0.3 is 15.4 Å². The Labute approximate surface area is 197 Å². The molecule has 30 heavy (non-hydrogen) atoms. The summed E-state index contributed by atoms with van der Waals surface area (Å²) < 4.78 is 30.2. The van der Waals surface area contributed by atoms with Crippen LogP contribution in [-0.2, 0) is 22.1 Å². The number of aliphatic imine (C=N–C) groups is 1. The third-order valence-corrected chi connectivity index (χ3v) is 6.03. The quantitative estimate of drug-likeness (QED) is 0.206. The highest BCUT2D eigenvalue weighted by atomic mass is 127. The largest absolute Gasteiger partial charge is 0.494 e. The molecule has 0 radical (unpaired) electrons. The summed E-state index contributed by atoms with van der Waals surface area (Å²) in [5.41, 5.74) is 3.02. The van der Waals surface area contributed by atoms with Gasteiger partial charge in [0.2, 0.25) is 0 Å². The Hall–Kier alpha value is -1.81. The van der Waals surface area contributed by atoms with E-state index in [1.807, 2.05) is 62.4 Å². The standard InChI is InChI=1S/C22H31N3O3S.HI/c1-4-28-21-15-18(2)11-12-20(21)16-25-22(23-3)24-13-8-14-29(26,27)17-19-9-6-5-7-10-19;/h5-7,9-12,15H,4,8,13-14,16-17H2,1-3H3,(H2,23,24,25);1H. The van der Waals surface area contributed by atoms with Gasteiger partial charge in [-0.2, -0.15) is 0 Å². The van der Waals surface area contributed by atoms with E-state index >= 15 is 0 Å². The number of hydrogen-bond acceptors (Lipinski definition) is 4. The van der Waals surface area contributed by atoms with Crippen molar-refractivity contribution in [2.24, 2.45) is 4.99 Å². The van der Waals surface area contributed by atoms with Crippen LogP contribution in [0.15, 0.2) is 53.5 Å². The normalized spacial score (nSPS) is 11.5. The van der Waals surface area contributed by atoms with Gasteiger partial charge >= 0.3 is 0 Å². The number of halogens is 1. The van der Waals surface area contributed by atoms with Crippen molar-refractivity contribution in [2.75, 3.05) is 26.0 Å². The second kappa shape index (κ2) is 13.5. The van der Waals surface area contributed by atoms with Crippen molar-refractivity contribution in [1.82, 2.24) is 10.6 Å². The fraction of sp³-hybridized carbons (Fsp3) is 0.409. The summed E-state index contributed by atoms with van der Waals surface area (Å²) in [5.74, 6) is 1.71. The smallest absolute Gasteiger partial charge is 0.191 e. The van der Waals surface area contributed by atoms with Crippen LogP contribution >= 0.6 is 24.0 Å². The number of benzene rings is 2. The van der Waals surface area contributed by atoms with E-state index in [-0.39, 0.29) is 35.5 Å². The average molecular weight is 545 g/mol. The van der Waals surface area contributed by atoms with Crippen molar-refractivity contribution in [1.29, 1.82) is 0 Å². The van der Waals surface area contributed by atoms with Gasteiger partial charge in [-0.3, -0.25) is 4.99 Å². The molecule has 0 fully saturated rings. The maximum atomic E-state index is 12.3. The highest BCUT2D eigenvalue weighted by Gasteiger charge is 2.12. The summed E-state index contributed by atoms with van der Waals surface area (Å²) in [5, 5.41) is 6.42. The predicted molar refractivity (Wildman–Crippen MR) is 135 cm³/mol. The monoisotopic (exact) mass is 545 g/mol. The van der Waals surface area contributed by atoms with Gasteiger partial charge in [0.25, 0.3) is 0 Å². The molecule has 0 aliphatic carbocycles. The minimum absolute atomic E-state index is 0. The number of guanidine groups is 1. The molecule has 0 aliphatic heterocycles. The van der Waals surface area contributed by atoms with Crippen molar-refractivity contribution in [3.05, 3.63) is 65.2 Å². The summed E-state index contributed by atoms with van der Waals surface area (Å²) in [4.78, 5) is 4.20. The lowest BCUT2D eigenvalue weighted by Crippen LogP contribution is -2.37. The maximum absolute atomic E-state index is 12.3. The van der Waals surface area contributed by atoms with Crippen LogP contribution in [-0.4, -0.2) is 40.3 Å². The molecule has 0 bridgehead atoms. The Morgan fingerprint density at radius 3 is 2.50 bits per heavy atom. The summed E-state index contributed by atoms with van der Waals surface area (Å²) in [6, 6.07) is 15.4. The van der Waals surface area contributed by atoms with Gasteiger partial charge in [0.1, 0.15) is 5.75 Å². The van der Waals surface area contributed by atoms with Crippen molar-refractivity contribution < 1.29 is 13.2 Å². The van der Waals surface area contributed by atoms with Gasteiger partial charge in [0.05, 0.1) is 18.1 Å². The first-order valence-corrected chi connectivity index (χ1v) is 11.7. The highest BCUT2D eigenvalue weighted by Crippen LogP contribution is 2.20. The van der Waals surface area contributed by atoms with Crippen LogP contribution in [0, 0.1) is 6.92 Å². The number of nitrogens with zero attached hydrogens (tertiary/aromatic N) is 1. The second-order valence-corrected chi connectivity index (χ2v) is 9.01. The van der Waals surface area contributed by atoms with Crippen LogP contribution < -0.4 is 15.4 Å². The number of hydrogen-bond donors (Lipinski definition) is 2. The van der Waals surface area contributed by atoms with Crippen LogP contribution in [0.4, 0.5) is 0 Å². The van der Waals surface area contributed by atoms with E-state index in [4.69, 9.17) is 4.74 Å². The van der Waals surface area contributed by atoms with Crippen LogP contribution in [0.25, 0.3) is 0 Å². The van der Waals surface area contributed by atoms with Gasteiger partial charge in [-0.05, 0) is 37.5 Å². The van der Waals surface area contributed by atoms with Crippen LogP contribution in [0.3, 0.4) is 0 Å². The average Bonchev–Trinajstić information content (AvgIpc) is 2.69.